The average molecular weight is 454 g/mol. The van der Waals surface area contributed by atoms with E-state index in [1.54, 1.807) is 19.5 Å². The predicted molar refractivity (Wildman–Crippen MR) is 134 cm³/mol. The van der Waals surface area contributed by atoms with Crippen LogP contribution in [0.5, 0.6) is 5.75 Å². The highest BCUT2D eigenvalue weighted by Crippen LogP contribution is 2.34. The molecule has 0 spiro atoms. The molecule has 0 fully saturated rings. The van der Waals surface area contributed by atoms with Crippen molar-refractivity contribution in [3.05, 3.63) is 102 Å². The van der Waals surface area contributed by atoms with Gasteiger partial charge in [0, 0.05) is 25.4 Å². The molecule has 1 aliphatic heterocycles. The lowest BCUT2D eigenvalue weighted by Gasteiger charge is -2.25. The van der Waals surface area contributed by atoms with Gasteiger partial charge in [-0.2, -0.15) is 5.10 Å². The molecule has 4 aromatic rings. The van der Waals surface area contributed by atoms with E-state index in [1.807, 2.05) is 53.5 Å². The smallest absolute Gasteiger partial charge is 0.190 e. The first kappa shape index (κ1) is 21.0. The van der Waals surface area contributed by atoms with Crippen LogP contribution < -0.4 is 10.1 Å². The number of rotatable bonds is 5. The first-order valence-electron chi connectivity index (χ1n) is 10.7. The number of methoxy groups -OCH3 is 1. The number of fused-ring (bicyclic) bond motifs is 1. The van der Waals surface area contributed by atoms with Gasteiger partial charge < -0.3 is 10.1 Å². The minimum Gasteiger partial charge on any atom is -0.497 e. The fourth-order valence-electron chi connectivity index (χ4n) is 3.96. The van der Waals surface area contributed by atoms with E-state index >= 15 is 0 Å². The minimum absolute atomic E-state index is 0.0377. The van der Waals surface area contributed by atoms with Crippen molar-refractivity contribution >= 4 is 34.1 Å². The van der Waals surface area contributed by atoms with Crippen molar-refractivity contribution in [3.8, 4) is 5.75 Å². The Bertz CT molecular complexity index is 1310. The zero-order valence-electron chi connectivity index (χ0n) is 18.2. The van der Waals surface area contributed by atoms with E-state index in [9.17, 15) is 0 Å². The molecular formula is C26H23N5OS. The van der Waals surface area contributed by atoms with Crippen LogP contribution in [0.2, 0.25) is 0 Å². The summed E-state index contributed by atoms with van der Waals surface area (Å²) in [6.45, 7) is 0.638. The van der Waals surface area contributed by atoms with Crippen LogP contribution >= 0.6 is 12.2 Å². The summed E-state index contributed by atoms with van der Waals surface area (Å²) in [5.41, 5.74) is 6.01. The van der Waals surface area contributed by atoms with Crippen LogP contribution in [0.15, 0.2) is 90.3 Å². The van der Waals surface area contributed by atoms with Crippen molar-refractivity contribution in [2.45, 2.75) is 19.0 Å². The third-order valence-corrected chi connectivity index (χ3v) is 6.04. The Morgan fingerprint density at radius 3 is 2.52 bits per heavy atom. The SMILES string of the molecule is COc1ccc(C2=NN(C(=S)NCc3ccccc3)C(c3ccc4nccnc4c3)C2)cc1. The molecule has 0 aliphatic carbocycles. The lowest BCUT2D eigenvalue weighted by atomic mass is 9.98. The number of thiocarbonyl (C=S) groups is 1. The summed E-state index contributed by atoms with van der Waals surface area (Å²) in [5, 5.41) is 10.8. The number of benzene rings is 3. The highest BCUT2D eigenvalue weighted by atomic mass is 32.1. The summed E-state index contributed by atoms with van der Waals surface area (Å²) in [6.07, 6.45) is 4.15. The van der Waals surface area contributed by atoms with Crippen LogP contribution in [0.4, 0.5) is 0 Å². The van der Waals surface area contributed by atoms with E-state index < -0.39 is 0 Å². The molecule has 1 atom stereocenters. The Morgan fingerprint density at radius 1 is 1.00 bits per heavy atom. The summed E-state index contributed by atoms with van der Waals surface area (Å²) in [7, 11) is 1.67. The lowest BCUT2D eigenvalue weighted by molar-refractivity contribution is 0.364. The second-order valence-electron chi connectivity index (χ2n) is 7.79. The molecule has 33 heavy (non-hydrogen) atoms. The van der Waals surface area contributed by atoms with Crippen LogP contribution in [0.3, 0.4) is 0 Å². The van der Waals surface area contributed by atoms with Gasteiger partial charge >= 0.3 is 0 Å². The molecule has 0 radical (unpaired) electrons. The van der Waals surface area contributed by atoms with Crippen molar-refractivity contribution in [3.63, 3.8) is 0 Å². The van der Waals surface area contributed by atoms with Crippen molar-refractivity contribution in [2.75, 3.05) is 7.11 Å². The molecule has 0 amide bonds. The van der Waals surface area contributed by atoms with Crippen molar-refractivity contribution in [1.29, 1.82) is 0 Å². The first-order valence-corrected chi connectivity index (χ1v) is 11.2. The Morgan fingerprint density at radius 2 is 1.76 bits per heavy atom. The fraction of sp³-hybridized carbons (Fsp3) is 0.154. The summed E-state index contributed by atoms with van der Waals surface area (Å²) >= 11 is 5.79. The molecule has 6 nitrogen and oxygen atoms in total. The topological polar surface area (TPSA) is 62.6 Å². The van der Waals surface area contributed by atoms with Gasteiger partial charge in [0.05, 0.1) is 29.9 Å². The van der Waals surface area contributed by atoms with Crippen molar-refractivity contribution in [2.24, 2.45) is 5.10 Å². The summed E-state index contributed by atoms with van der Waals surface area (Å²) in [6, 6.07) is 24.3. The van der Waals surface area contributed by atoms with Crippen LogP contribution in [0, 0.1) is 0 Å². The molecule has 1 aromatic heterocycles. The second kappa shape index (κ2) is 9.34. The Balaban J connectivity index is 1.45. The number of hydrogen-bond acceptors (Lipinski definition) is 5. The molecule has 0 bridgehead atoms. The zero-order chi connectivity index (χ0) is 22.6. The maximum atomic E-state index is 5.79. The van der Waals surface area contributed by atoms with Crippen molar-refractivity contribution < 1.29 is 4.74 Å². The Hall–Kier alpha value is -3.84. The normalized spacial score (nSPS) is 15.4. The Labute approximate surface area is 197 Å². The largest absolute Gasteiger partial charge is 0.497 e. The lowest BCUT2D eigenvalue weighted by Crippen LogP contribution is -2.36. The summed E-state index contributed by atoms with van der Waals surface area (Å²) in [5.74, 6) is 0.818. The average Bonchev–Trinajstić information content (AvgIpc) is 3.33. The molecule has 1 unspecified atom stereocenters. The molecule has 5 rings (SSSR count). The zero-order valence-corrected chi connectivity index (χ0v) is 19.0. The van der Waals surface area contributed by atoms with E-state index in [1.165, 1.54) is 0 Å². The summed E-state index contributed by atoms with van der Waals surface area (Å²) < 4.78 is 5.30. The quantitative estimate of drug-likeness (QED) is 0.435. The van der Waals surface area contributed by atoms with E-state index in [0.717, 1.165) is 45.6 Å². The first-order chi connectivity index (χ1) is 16.2. The van der Waals surface area contributed by atoms with Crippen LogP contribution in [-0.4, -0.2) is 32.9 Å². The molecular weight excluding hydrogens is 430 g/mol. The molecule has 1 N–H and O–H groups in total. The van der Waals surface area contributed by atoms with Gasteiger partial charge in [-0.3, -0.25) is 9.97 Å². The van der Waals surface area contributed by atoms with Gasteiger partial charge in [-0.25, -0.2) is 5.01 Å². The van der Waals surface area contributed by atoms with Gasteiger partial charge in [0.2, 0.25) is 0 Å². The molecule has 2 heterocycles. The van der Waals surface area contributed by atoms with E-state index in [2.05, 4.69) is 39.6 Å². The number of nitrogens with zero attached hydrogens (tertiary/aromatic N) is 4. The minimum atomic E-state index is -0.0377. The highest BCUT2D eigenvalue weighted by Gasteiger charge is 2.31. The second-order valence-corrected chi connectivity index (χ2v) is 8.18. The number of aromatic nitrogens is 2. The van der Waals surface area contributed by atoms with E-state index in [0.29, 0.717) is 11.7 Å². The molecule has 0 saturated heterocycles. The third kappa shape index (κ3) is 4.54. The third-order valence-electron chi connectivity index (χ3n) is 5.71. The van der Waals surface area contributed by atoms with Crippen LogP contribution in [-0.2, 0) is 6.54 Å². The van der Waals surface area contributed by atoms with Gasteiger partial charge in [-0.15, -0.1) is 0 Å². The molecule has 1 aliphatic rings. The van der Waals surface area contributed by atoms with Gasteiger partial charge in [0.25, 0.3) is 0 Å². The van der Waals surface area contributed by atoms with Crippen molar-refractivity contribution in [1.82, 2.24) is 20.3 Å². The monoisotopic (exact) mass is 453 g/mol. The molecule has 7 heteroatoms. The predicted octanol–water partition coefficient (Wildman–Crippen LogP) is 4.86. The van der Waals surface area contributed by atoms with Gasteiger partial charge in [-0.1, -0.05) is 36.4 Å². The van der Waals surface area contributed by atoms with Gasteiger partial charge in [0.15, 0.2) is 5.11 Å². The molecule has 164 valence electrons. The number of hydrogen-bond donors (Lipinski definition) is 1. The maximum absolute atomic E-state index is 5.79. The van der Waals surface area contributed by atoms with Crippen LogP contribution in [0.1, 0.15) is 29.2 Å². The van der Waals surface area contributed by atoms with Gasteiger partial charge in [0.1, 0.15) is 5.75 Å². The maximum Gasteiger partial charge on any atom is 0.190 e. The van der Waals surface area contributed by atoms with Gasteiger partial charge in [-0.05, 0) is 65.3 Å². The number of ether oxygens (including phenoxy) is 1. The van der Waals surface area contributed by atoms with E-state index in [-0.39, 0.29) is 6.04 Å². The van der Waals surface area contributed by atoms with E-state index in [4.69, 9.17) is 22.1 Å². The van der Waals surface area contributed by atoms with Crippen LogP contribution in [0.25, 0.3) is 11.0 Å². The number of nitrogens with one attached hydrogen (secondary N) is 1. The Kier molecular flexibility index (Phi) is 5.95. The number of hydrazone groups is 1. The fourth-order valence-corrected chi connectivity index (χ4v) is 4.20. The highest BCUT2D eigenvalue weighted by molar-refractivity contribution is 7.80. The summed E-state index contributed by atoms with van der Waals surface area (Å²) in [4.78, 5) is 8.86. The molecule has 0 saturated carbocycles. The standard InChI is InChI=1S/C26H23N5OS/c1-32-21-10-7-19(8-11-21)23-16-25(20-9-12-22-24(15-20)28-14-13-27-22)31(30-23)26(33)29-17-18-5-3-2-4-6-18/h2-15,25H,16-17H2,1H3,(H,29,33). The molecule has 3 aromatic carbocycles.